The highest BCUT2D eigenvalue weighted by molar-refractivity contribution is 7.89. The fourth-order valence-corrected chi connectivity index (χ4v) is 7.13. The lowest BCUT2D eigenvalue weighted by atomic mass is 10.0. The standard InChI is InChI=1S/C29H25ClF2NO9PS/c1-40-27-4-2-3-5-28(27)44(38,39)33(17-20-8-11-23(25(30)14-20)18-43(37,41-31)42-32)16-19-6-9-21(10-7-19)22-12-13-26(34)24(15-22)29(35)36/h2-15,34H,16-18H2,1H3,(H,35,36). The summed E-state index contributed by atoms with van der Waals surface area (Å²) in [5.41, 5.74) is 1.92. The summed E-state index contributed by atoms with van der Waals surface area (Å²) >= 11 is 6.27. The summed E-state index contributed by atoms with van der Waals surface area (Å²) in [4.78, 5) is 11.3. The van der Waals surface area contributed by atoms with E-state index in [9.17, 15) is 37.0 Å². The third-order valence-electron chi connectivity index (χ3n) is 6.61. The van der Waals surface area contributed by atoms with Crippen molar-refractivity contribution in [1.29, 1.82) is 0 Å². The Bertz CT molecular complexity index is 1820. The monoisotopic (exact) mass is 667 g/mol. The zero-order valence-corrected chi connectivity index (χ0v) is 25.4. The van der Waals surface area contributed by atoms with Gasteiger partial charge in [-0.2, -0.15) is 4.31 Å². The van der Waals surface area contributed by atoms with E-state index in [1.54, 1.807) is 42.5 Å². The predicted octanol–water partition coefficient (Wildman–Crippen LogP) is 7.31. The molecule has 0 aliphatic rings. The maximum Gasteiger partial charge on any atom is 0.399 e. The van der Waals surface area contributed by atoms with Crippen LogP contribution in [-0.4, -0.2) is 36.0 Å². The number of benzene rings is 4. The van der Waals surface area contributed by atoms with Gasteiger partial charge in [0.25, 0.3) is 0 Å². The Morgan fingerprint density at radius 1 is 0.909 bits per heavy atom. The summed E-state index contributed by atoms with van der Waals surface area (Å²) in [6.07, 6.45) is -0.802. The number of carboxylic acids is 1. The molecular formula is C29H25ClF2NO9PS. The maximum absolute atomic E-state index is 13.9. The molecule has 0 saturated heterocycles. The smallest absolute Gasteiger partial charge is 0.399 e. The minimum absolute atomic E-state index is 0.0454. The number of para-hydroxylation sites is 1. The maximum atomic E-state index is 13.9. The number of aromatic hydroxyl groups is 1. The van der Waals surface area contributed by atoms with Crippen molar-refractivity contribution in [3.05, 3.63) is 112 Å². The minimum atomic E-state index is -4.71. The lowest BCUT2D eigenvalue weighted by molar-refractivity contribution is -0.0881. The van der Waals surface area contributed by atoms with Gasteiger partial charge >= 0.3 is 13.6 Å². The number of hydrogen-bond acceptors (Lipinski definition) is 8. The average Bonchev–Trinajstić information content (AvgIpc) is 3.02. The van der Waals surface area contributed by atoms with E-state index >= 15 is 0 Å². The van der Waals surface area contributed by atoms with Gasteiger partial charge in [-0.15, -0.1) is 9.46 Å². The first kappa shape index (κ1) is 33.1. The second-order valence-corrected chi connectivity index (χ2v) is 13.6. The summed E-state index contributed by atoms with van der Waals surface area (Å²) in [5.74, 6) is -1.54. The number of rotatable bonds is 13. The molecule has 0 fully saturated rings. The Labute approximate surface area is 256 Å². The number of sulfonamides is 1. The van der Waals surface area contributed by atoms with Crippen molar-refractivity contribution in [3.8, 4) is 22.6 Å². The van der Waals surface area contributed by atoms with Crippen molar-refractivity contribution in [1.82, 2.24) is 4.31 Å². The molecule has 0 aliphatic heterocycles. The number of aromatic carboxylic acids is 1. The Kier molecular flexibility index (Phi) is 10.4. The molecule has 4 aromatic carbocycles. The van der Waals surface area contributed by atoms with Crippen LogP contribution < -0.4 is 4.74 Å². The van der Waals surface area contributed by atoms with Crippen LogP contribution in [0.4, 0.5) is 9.05 Å². The van der Waals surface area contributed by atoms with Gasteiger partial charge in [-0.05, 0) is 67.2 Å². The van der Waals surface area contributed by atoms with Crippen molar-refractivity contribution in [2.45, 2.75) is 24.1 Å². The van der Waals surface area contributed by atoms with Gasteiger partial charge in [0.1, 0.15) is 22.0 Å². The number of halogens is 3. The van der Waals surface area contributed by atoms with Gasteiger partial charge in [0.15, 0.2) is 0 Å². The number of carbonyl (C=O) groups is 1. The van der Waals surface area contributed by atoms with E-state index in [4.69, 9.17) is 16.3 Å². The number of nitrogens with zero attached hydrogens (tertiary/aromatic N) is 1. The molecule has 4 rings (SSSR count). The Morgan fingerprint density at radius 3 is 2.14 bits per heavy atom. The number of methoxy groups -OCH3 is 1. The van der Waals surface area contributed by atoms with Gasteiger partial charge < -0.3 is 14.9 Å². The zero-order valence-electron chi connectivity index (χ0n) is 22.9. The van der Waals surface area contributed by atoms with Crippen molar-refractivity contribution >= 4 is 35.2 Å². The fourth-order valence-electron chi connectivity index (χ4n) is 4.38. The van der Waals surface area contributed by atoms with Gasteiger partial charge in [-0.25, -0.2) is 13.2 Å². The Morgan fingerprint density at radius 2 is 1.52 bits per heavy atom. The SMILES string of the molecule is COc1ccccc1S(=O)(=O)N(Cc1ccc(-c2ccc(O)c(C(=O)O)c2)cc1)Cc1ccc(CP(=O)(OF)OF)c(Cl)c1. The quantitative estimate of drug-likeness (QED) is 0.141. The molecule has 15 heteroatoms. The number of phenols is 1. The molecule has 0 radical (unpaired) electrons. The lowest BCUT2D eigenvalue weighted by Crippen LogP contribution is -2.30. The third-order valence-corrected chi connectivity index (χ3v) is 9.94. The highest BCUT2D eigenvalue weighted by Gasteiger charge is 2.31. The van der Waals surface area contributed by atoms with Gasteiger partial charge in [-0.1, -0.05) is 66.2 Å². The molecule has 0 spiro atoms. The molecule has 44 heavy (non-hydrogen) atoms. The molecule has 4 aromatic rings. The minimum Gasteiger partial charge on any atom is -0.507 e. The van der Waals surface area contributed by atoms with Crippen molar-refractivity contribution in [3.63, 3.8) is 0 Å². The van der Waals surface area contributed by atoms with Crippen LogP contribution in [0, 0.1) is 0 Å². The summed E-state index contributed by atoms with van der Waals surface area (Å²) in [6.45, 7) is -0.310. The first-order valence-corrected chi connectivity index (χ1v) is 16.2. The van der Waals surface area contributed by atoms with E-state index < -0.39 is 29.8 Å². The summed E-state index contributed by atoms with van der Waals surface area (Å²) in [5, 5.41) is 19.1. The second-order valence-electron chi connectivity index (χ2n) is 9.49. The third kappa shape index (κ3) is 7.44. The van der Waals surface area contributed by atoms with Gasteiger partial charge in [-0.3, -0.25) is 4.57 Å². The highest BCUT2D eigenvalue weighted by Crippen LogP contribution is 2.53. The van der Waals surface area contributed by atoms with E-state index in [-0.39, 0.29) is 45.6 Å². The number of hydrogen-bond donors (Lipinski definition) is 2. The largest absolute Gasteiger partial charge is 0.507 e. The number of ether oxygens (including phenoxy) is 1. The van der Waals surface area contributed by atoms with E-state index in [0.717, 1.165) is 0 Å². The van der Waals surface area contributed by atoms with Crippen LogP contribution in [0.2, 0.25) is 5.02 Å². The first-order valence-electron chi connectivity index (χ1n) is 12.7. The van der Waals surface area contributed by atoms with Crippen LogP contribution in [-0.2, 0) is 43.3 Å². The van der Waals surface area contributed by atoms with E-state index in [1.165, 1.54) is 53.9 Å². The van der Waals surface area contributed by atoms with Crippen molar-refractivity contribution < 1.29 is 51.2 Å². The normalized spacial score (nSPS) is 11.9. The summed E-state index contributed by atoms with van der Waals surface area (Å²) in [6, 6.07) is 21.1. The van der Waals surface area contributed by atoms with Crippen molar-refractivity contribution in [2.75, 3.05) is 7.11 Å². The van der Waals surface area contributed by atoms with Crippen LogP contribution in [0.5, 0.6) is 11.5 Å². The molecule has 2 N–H and O–H groups in total. The molecule has 0 aromatic heterocycles. The van der Waals surface area contributed by atoms with Gasteiger partial charge in [0.2, 0.25) is 10.0 Å². The van der Waals surface area contributed by atoms with Gasteiger partial charge in [0, 0.05) is 18.1 Å². The molecule has 0 amide bonds. The molecule has 0 heterocycles. The topological polar surface area (TPSA) is 140 Å². The average molecular weight is 668 g/mol. The zero-order chi connectivity index (χ0) is 32.1. The molecule has 0 atom stereocenters. The molecule has 0 unspecified atom stereocenters. The first-order chi connectivity index (χ1) is 20.9. The second kappa shape index (κ2) is 13.9. The molecule has 232 valence electrons. The Balaban J connectivity index is 1.68. The van der Waals surface area contributed by atoms with E-state index in [1.807, 2.05) is 0 Å². The van der Waals surface area contributed by atoms with E-state index in [2.05, 4.69) is 9.46 Å². The van der Waals surface area contributed by atoms with Crippen LogP contribution in [0.1, 0.15) is 27.0 Å². The Hall–Kier alpha value is -3.84. The fraction of sp³-hybridized carbons (Fsp3) is 0.138. The van der Waals surface area contributed by atoms with Crippen LogP contribution in [0.3, 0.4) is 0 Å². The number of carboxylic acid groups (broad SMARTS) is 1. The molecule has 10 nitrogen and oxygen atoms in total. The molecule has 0 saturated carbocycles. The van der Waals surface area contributed by atoms with Crippen LogP contribution in [0.15, 0.2) is 89.8 Å². The summed E-state index contributed by atoms with van der Waals surface area (Å²) in [7, 11) is -7.56. The predicted molar refractivity (Wildman–Crippen MR) is 157 cm³/mol. The summed E-state index contributed by atoms with van der Waals surface area (Å²) < 4.78 is 77.6. The highest BCUT2D eigenvalue weighted by atomic mass is 35.5. The van der Waals surface area contributed by atoms with Crippen LogP contribution in [0.25, 0.3) is 11.1 Å². The van der Waals surface area contributed by atoms with Crippen LogP contribution >= 0.6 is 19.2 Å². The lowest BCUT2D eigenvalue weighted by Gasteiger charge is -2.24. The molecule has 0 aliphatic carbocycles. The van der Waals surface area contributed by atoms with Crippen molar-refractivity contribution in [2.24, 2.45) is 0 Å². The van der Waals surface area contributed by atoms with E-state index in [0.29, 0.717) is 22.3 Å². The van der Waals surface area contributed by atoms with Gasteiger partial charge in [0.05, 0.1) is 13.3 Å². The molecule has 0 bridgehead atoms. The molecular weight excluding hydrogens is 643 g/mol.